The highest BCUT2D eigenvalue weighted by molar-refractivity contribution is 5.80. The van der Waals surface area contributed by atoms with Crippen molar-refractivity contribution in [2.75, 3.05) is 13.2 Å². The topological polar surface area (TPSA) is 93.1 Å². The summed E-state index contributed by atoms with van der Waals surface area (Å²) >= 11 is 0. The summed E-state index contributed by atoms with van der Waals surface area (Å²) in [5, 5.41) is 21.3. The Morgan fingerprint density at radius 3 is 1.39 bits per heavy atom. The standard InChI is InChI=1S/C25H32O6/c1-18(20-12-7-5-8-13-20)24(3,28)22(26)30-16-11-17-31-23(27)25(4,29)19(2)21-14-9-6-10-15-21/h5-10,12-15,18-19,28-29H,11,16-17H2,1-4H3/t18-,19-,24-,25+/m1/s1. The molecule has 0 amide bonds. The van der Waals surface area contributed by atoms with Crippen LogP contribution in [0, 0.1) is 0 Å². The van der Waals surface area contributed by atoms with Gasteiger partial charge in [0, 0.05) is 18.3 Å². The van der Waals surface area contributed by atoms with Crippen molar-refractivity contribution in [1.82, 2.24) is 0 Å². The van der Waals surface area contributed by atoms with Crippen LogP contribution < -0.4 is 0 Å². The predicted octanol–water partition coefficient (Wildman–Crippen LogP) is 3.57. The Balaban J connectivity index is 1.79. The van der Waals surface area contributed by atoms with Gasteiger partial charge in [-0.3, -0.25) is 0 Å². The molecule has 0 unspecified atom stereocenters. The number of hydrogen-bond donors (Lipinski definition) is 2. The summed E-state index contributed by atoms with van der Waals surface area (Å²) in [6.45, 7) is 6.34. The summed E-state index contributed by atoms with van der Waals surface area (Å²) in [5.74, 6) is -2.37. The second-order valence-electron chi connectivity index (χ2n) is 8.19. The molecule has 0 radical (unpaired) electrons. The van der Waals surface area contributed by atoms with Crippen molar-refractivity contribution in [2.24, 2.45) is 0 Å². The van der Waals surface area contributed by atoms with E-state index in [1.807, 2.05) is 60.7 Å². The molecule has 0 heterocycles. The average Bonchev–Trinajstić information content (AvgIpc) is 2.78. The van der Waals surface area contributed by atoms with Gasteiger partial charge in [-0.1, -0.05) is 74.5 Å². The lowest BCUT2D eigenvalue weighted by atomic mass is 9.85. The van der Waals surface area contributed by atoms with Crippen LogP contribution in [0.25, 0.3) is 0 Å². The monoisotopic (exact) mass is 428 g/mol. The van der Waals surface area contributed by atoms with E-state index in [-0.39, 0.29) is 19.6 Å². The molecule has 0 aromatic heterocycles. The number of carbonyl (C=O) groups is 2. The largest absolute Gasteiger partial charge is 0.463 e. The molecule has 0 aliphatic heterocycles. The predicted molar refractivity (Wildman–Crippen MR) is 117 cm³/mol. The lowest BCUT2D eigenvalue weighted by Gasteiger charge is -2.29. The van der Waals surface area contributed by atoms with Crippen LogP contribution in [-0.2, 0) is 19.1 Å². The smallest absolute Gasteiger partial charge is 0.338 e. The van der Waals surface area contributed by atoms with E-state index in [0.717, 1.165) is 11.1 Å². The first-order valence-electron chi connectivity index (χ1n) is 10.5. The minimum atomic E-state index is -1.69. The highest BCUT2D eigenvalue weighted by Crippen LogP contribution is 2.30. The number of esters is 2. The van der Waals surface area contributed by atoms with Gasteiger partial charge in [-0.05, 0) is 25.0 Å². The van der Waals surface area contributed by atoms with Crippen molar-refractivity contribution in [3.05, 3.63) is 71.8 Å². The van der Waals surface area contributed by atoms with Crippen molar-refractivity contribution in [3.8, 4) is 0 Å². The minimum absolute atomic E-state index is 0.0137. The van der Waals surface area contributed by atoms with Crippen LogP contribution in [0.1, 0.15) is 57.1 Å². The summed E-state index contributed by atoms with van der Waals surface area (Å²) in [7, 11) is 0. The molecule has 2 N–H and O–H groups in total. The zero-order chi connectivity index (χ0) is 23.1. The number of hydrogen-bond acceptors (Lipinski definition) is 6. The molecule has 0 spiro atoms. The molecule has 168 valence electrons. The lowest BCUT2D eigenvalue weighted by molar-refractivity contribution is -0.168. The van der Waals surface area contributed by atoms with Crippen LogP contribution in [0.2, 0.25) is 0 Å². The molecular formula is C25H32O6. The molecule has 31 heavy (non-hydrogen) atoms. The Labute approximate surface area is 183 Å². The van der Waals surface area contributed by atoms with Gasteiger partial charge in [-0.2, -0.15) is 0 Å². The van der Waals surface area contributed by atoms with Crippen molar-refractivity contribution in [3.63, 3.8) is 0 Å². The molecule has 0 saturated carbocycles. The molecule has 2 aromatic carbocycles. The Morgan fingerprint density at radius 2 is 1.06 bits per heavy atom. The second-order valence-corrected chi connectivity index (χ2v) is 8.19. The third-order valence-electron chi connectivity index (χ3n) is 5.87. The number of rotatable bonds is 10. The van der Waals surface area contributed by atoms with Crippen molar-refractivity contribution < 1.29 is 29.3 Å². The van der Waals surface area contributed by atoms with Crippen LogP contribution in [-0.4, -0.2) is 46.6 Å². The fourth-order valence-corrected chi connectivity index (χ4v) is 3.17. The van der Waals surface area contributed by atoms with Crippen LogP contribution >= 0.6 is 0 Å². The van der Waals surface area contributed by atoms with Gasteiger partial charge in [0.25, 0.3) is 0 Å². The molecule has 0 aliphatic rings. The van der Waals surface area contributed by atoms with Crippen molar-refractivity contribution >= 4 is 11.9 Å². The maximum Gasteiger partial charge on any atom is 0.338 e. The van der Waals surface area contributed by atoms with E-state index in [1.165, 1.54) is 13.8 Å². The van der Waals surface area contributed by atoms with Gasteiger partial charge in [0.2, 0.25) is 0 Å². The Hall–Kier alpha value is -2.70. The zero-order valence-electron chi connectivity index (χ0n) is 18.6. The normalized spacial score (nSPS) is 17.0. The second kappa shape index (κ2) is 10.6. The maximum atomic E-state index is 12.4. The SMILES string of the molecule is C[C@H](c1ccccc1)[C@@](C)(O)C(=O)OCCCOC(=O)[C@@](C)(O)[C@H](C)c1ccccc1. The summed E-state index contributed by atoms with van der Waals surface area (Å²) in [5.41, 5.74) is -1.72. The zero-order valence-corrected chi connectivity index (χ0v) is 18.6. The fraction of sp³-hybridized carbons (Fsp3) is 0.440. The van der Waals surface area contributed by atoms with E-state index >= 15 is 0 Å². The molecule has 0 aliphatic carbocycles. The summed E-state index contributed by atoms with van der Waals surface area (Å²) in [6.07, 6.45) is 0.253. The average molecular weight is 429 g/mol. The van der Waals surface area contributed by atoms with Gasteiger partial charge in [0.05, 0.1) is 13.2 Å². The summed E-state index contributed by atoms with van der Waals surface area (Å²) in [6, 6.07) is 18.5. The highest BCUT2D eigenvalue weighted by atomic mass is 16.6. The Morgan fingerprint density at radius 1 is 0.742 bits per heavy atom. The molecule has 0 bridgehead atoms. The molecule has 4 atom stereocenters. The van der Waals surface area contributed by atoms with Gasteiger partial charge in [-0.15, -0.1) is 0 Å². The molecule has 6 heteroatoms. The van der Waals surface area contributed by atoms with E-state index in [2.05, 4.69) is 0 Å². The lowest BCUT2D eigenvalue weighted by Crippen LogP contribution is -2.42. The van der Waals surface area contributed by atoms with Crippen LogP contribution in [0.4, 0.5) is 0 Å². The molecule has 2 rings (SSSR count). The molecule has 6 nitrogen and oxygen atoms in total. The minimum Gasteiger partial charge on any atom is -0.463 e. The number of ether oxygens (including phenoxy) is 2. The Bertz CT molecular complexity index is 773. The summed E-state index contributed by atoms with van der Waals surface area (Å²) in [4.78, 5) is 24.7. The van der Waals surface area contributed by atoms with E-state index in [0.29, 0.717) is 0 Å². The van der Waals surface area contributed by atoms with Crippen LogP contribution in [0.3, 0.4) is 0 Å². The van der Waals surface area contributed by atoms with Gasteiger partial charge in [0.15, 0.2) is 11.2 Å². The van der Waals surface area contributed by atoms with Gasteiger partial charge >= 0.3 is 11.9 Å². The first kappa shape index (κ1) is 24.6. The first-order chi connectivity index (χ1) is 14.6. The Kier molecular flexibility index (Phi) is 8.36. The number of benzene rings is 2. The van der Waals surface area contributed by atoms with E-state index in [4.69, 9.17) is 9.47 Å². The maximum absolute atomic E-state index is 12.4. The van der Waals surface area contributed by atoms with Gasteiger partial charge in [-0.25, -0.2) is 9.59 Å². The summed E-state index contributed by atoms with van der Waals surface area (Å²) < 4.78 is 10.4. The van der Waals surface area contributed by atoms with Gasteiger partial charge < -0.3 is 19.7 Å². The van der Waals surface area contributed by atoms with Crippen molar-refractivity contribution in [2.45, 2.75) is 57.2 Å². The molecule has 0 fully saturated rings. The fourth-order valence-electron chi connectivity index (χ4n) is 3.17. The highest BCUT2D eigenvalue weighted by Gasteiger charge is 2.40. The van der Waals surface area contributed by atoms with Crippen LogP contribution in [0.15, 0.2) is 60.7 Å². The van der Waals surface area contributed by atoms with Crippen molar-refractivity contribution in [1.29, 1.82) is 0 Å². The quantitative estimate of drug-likeness (QED) is 0.444. The van der Waals surface area contributed by atoms with E-state index in [1.54, 1.807) is 13.8 Å². The van der Waals surface area contributed by atoms with E-state index in [9.17, 15) is 19.8 Å². The van der Waals surface area contributed by atoms with Crippen LogP contribution in [0.5, 0.6) is 0 Å². The molecule has 2 aromatic rings. The first-order valence-corrected chi connectivity index (χ1v) is 10.5. The number of carbonyl (C=O) groups excluding carboxylic acids is 2. The van der Waals surface area contributed by atoms with E-state index < -0.39 is 35.0 Å². The van der Waals surface area contributed by atoms with Gasteiger partial charge in [0.1, 0.15) is 0 Å². The third kappa shape index (κ3) is 6.15. The molecule has 0 saturated heterocycles. The third-order valence-corrected chi connectivity index (χ3v) is 5.87. The number of aliphatic hydroxyl groups is 2. The molecular weight excluding hydrogens is 396 g/mol.